The maximum absolute atomic E-state index is 12.5. The zero-order valence-corrected chi connectivity index (χ0v) is 33.3. The molecule has 58 heavy (non-hydrogen) atoms. The zero-order chi connectivity index (χ0) is 41.6. The molecular formula is C46H48O12. The molecule has 0 aliphatic heterocycles. The smallest absolute Gasteiger partial charge is 0.343 e. The SMILES string of the molecule is C=CCc1cc2c(OCC(=O)OC)c(c1)Cc1cccc(c1OCC(=O)OC)Cc1cc(CC=C)cc(c1OCC(=O)OC)Cc1cccc(c1OCC(=O)OC)C2. The van der Waals surface area contributed by atoms with Crippen LogP contribution in [0.3, 0.4) is 0 Å². The van der Waals surface area contributed by atoms with Crippen molar-refractivity contribution in [2.24, 2.45) is 0 Å². The van der Waals surface area contributed by atoms with Gasteiger partial charge in [0.1, 0.15) is 23.0 Å². The molecule has 1 aliphatic rings. The topological polar surface area (TPSA) is 142 Å². The maximum atomic E-state index is 12.5. The molecular weight excluding hydrogens is 744 g/mol. The standard InChI is InChI=1S/C46H48O12/c1-7-11-29-17-35-21-31-13-9-15-33(43(31)55-25-39(47)51-3)23-37-19-30(12-8-2)20-38(46(37)58-28-42(50)54-6)24-34-16-10-14-32(44(34)56-26-40(48)52-4)22-36(18-29)45(35)57-27-41(49)53-5/h7-10,13-20H,1-2,11-12,21-28H2,3-6H3. The van der Waals surface area contributed by atoms with E-state index in [4.69, 9.17) is 37.9 Å². The molecule has 0 radical (unpaired) electrons. The Morgan fingerprint density at radius 1 is 0.448 bits per heavy atom. The average molecular weight is 793 g/mol. The van der Waals surface area contributed by atoms with Crippen molar-refractivity contribution in [3.63, 3.8) is 0 Å². The van der Waals surface area contributed by atoms with Gasteiger partial charge in [0.25, 0.3) is 0 Å². The number of allylic oxidation sites excluding steroid dienone is 2. The summed E-state index contributed by atoms with van der Waals surface area (Å²) in [4.78, 5) is 50.0. The molecule has 0 spiro atoms. The molecule has 12 nitrogen and oxygen atoms in total. The van der Waals surface area contributed by atoms with Gasteiger partial charge in [0.2, 0.25) is 0 Å². The van der Waals surface area contributed by atoms with Gasteiger partial charge in [0.05, 0.1) is 28.4 Å². The van der Waals surface area contributed by atoms with Crippen LogP contribution in [0.5, 0.6) is 23.0 Å². The molecule has 0 fully saturated rings. The van der Waals surface area contributed by atoms with Gasteiger partial charge in [-0.1, -0.05) is 72.8 Å². The fraction of sp³-hybridized carbons (Fsp3) is 0.304. The van der Waals surface area contributed by atoms with E-state index in [2.05, 4.69) is 13.2 Å². The Morgan fingerprint density at radius 2 is 0.690 bits per heavy atom. The minimum atomic E-state index is -0.566. The Morgan fingerprint density at radius 3 is 0.914 bits per heavy atom. The highest BCUT2D eigenvalue weighted by atomic mass is 16.6. The third-order valence-corrected chi connectivity index (χ3v) is 9.49. The van der Waals surface area contributed by atoms with Gasteiger partial charge in [-0.2, -0.15) is 0 Å². The Hall–Kier alpha value is -6.56. The molecule has 0 atom stereocenters. The number of benzene rings is 4. The zero-order valence-electron chi connectivity index (χ0n) is 33.3. The van der Waals surface area contributed by atoms with Gasteiger partial charge in [-0.05, 0) is 68.5 Å². The first kappa shape index (κ1) is 42.6. The van der Waals surface area contributed by atoms with Gasteiger partial charge < -0.3 is 37.9 Å². The van der Waals surface area contributed by atoms with Crippen LogP contribution in [0, 0.1) is 0 Å². The van der Waals surface area contributed by atoms with Crippen LogP contribution < -0.4 is 18.9 Å². The Labute approximate surface area is 338 Å². The summed E-state index contributed by atoms with van der Waals surface area (Å²) in [5, 5.41) is 0. The van der Waals surface area contributed by atoms with Crippen molar-refractivity contribution in [3.8, 4) is 23.0 Å². The fourth-order valence-corrected chi connectivity index (χ4v) is 6.90. The van der Waals surface area contributed by atoms with Crippen LogP contribution in [-0.2, 0) is 76.7 Å². The first-order valence-electron chi connectivity index (χ1n) is 18.6. The van der Waals surface area contributed by atoms with Gasteiger partial charge in [-0.3, -0.25) is 0 Å². The fourth-order valence-electron chi connectivity index (χ4n) is 6.90. The van der Waals surface area contributed by atoms with E-state index in [-0.39, 0.29) is 52.1 Å². The molecule has 1 aliphatic carbocycles. The molecule has 0 N–H and O–H groups in total. The molecule has 8 bridgehead atoms. The third-order valence-electron chi connectivity index (χ3n) is 9.49. The second kappa shape index (κ2) is 20.6. The van der Waals surface area contributed by atoms with Crippen molar-refractivity contribution in [2.45, 2.75) is 38.5 Å². The lowest BCUT2D eigenvalue weighted by molar-refractivity contribution is -0.143. The van der Waals surface area contributed by atoms with E-state index >= 15 is 0 Å². The number of hydrogen-bond acceptors (Lipinski definition) is 12. The van der Waals surface area contributed by atoms with Crippen LogP contribution in [0.15, 0.2) is 86.0 Å². The number of carbonyl (C=O) groups excluding carboxylic acids is 4. The normalized spacial score (nSPS) is 11.7. The highest BCUT2D eigenvalue weighted by molar-refractivity contribution is 5.73. The first-order valence-corrected chi connectivity index (χ1v) is 18.6. The van der Waals surface area contributed by atoms with Crippen LogP contribution in [0.2, 0.25) is 0 Å². The highest BCUT2D eigenvalue weighted by Gasteiger charge is 2.24. The molecule has 304 valence electrons. The number of methoxy groups -OCH3 is 4. The molecule has 0 unspecified atom stereocenters. The molecule has 0 amide bonds. The number of esters is 4. The summed E-state index contributed by atoms with van der Waals surface area (Å²) in [5.74, 6) is -0.448. The van der Waals surface area contributed by atoms with Crippen molar-refractivity contribution >= 4 is 23.9 Å². The largest absolute Gasteiger partial charge is 0.481 e. The minimum Gasteiger partial charge on any atom is -0.481 e. The third kappa shape index (κ3) is 10.8. The van der Waals surface area contributed by atoms with Gasteiger partial charge >= 0.3 is 23.9 Å². The summed E-state index contributed by atoms with van der Waals surface area (Å²) in [6.07, 6.45) is 5.71. The van der Waals surface area contributed by atoms with E-state index in [1.54, 1.807) is 12.2 Å². The Bertz CT molecular complexity index is 1920. The Balaban J connectivity index is 1.85. The van der Waals surface area contributed by atoms with Crippen molar-refractivity contribution in [3.05, 3.63) is 142 Å². The van der Waals surface area contributed by atoms with Crippen molar-refractivity contribution in [1.82, 2.24) is 0 Å². The van der Waals surface area contributed by atoms with Crippen molar-refractivity contribution in [1.29, 1.82) is 0 Å². The molecule has 0 saturated heterocycles. The summed E-state index contributed by atoms with van der Waals surface area (Å²) in [5.41, 5.74) is 7.70. The molecule has 0 aromatic heterocycles. The van der Waals surface area contributed by atoms with Crippen LogP contribution in [0.1, 0.15) is 55.6 Å². The van der Waals surface area contributed by atoms with Gasteiger partial charge in [0, 0.05) is 25.7 Å². The van der Waals surface area contributed by atoms with E-state index < -0.39 is 23.9 Å². The Kier molecular flexibility index (Phi) is 15.1. The van der Waals surface area contributed by atoms with Gasteiger partial charge in [0.15, 0.2) is 26.4 Å². The minimum absolute atomic E-state index is 0.262. The van der Waals surface area contributed by atoms with Crippen molar-refractivity contribution in [2.75, 3.05) is 54.9 Å². The highest BCUT2D eigenvalue weighted by Crippen LogP contribution is 2.40. The quantitative estimate of drug-likeness (QED) is 0.0655. The first-order chi connectivity index (χ1) is 28.1. The van der Waals surface area contributed by atoms with E-state index in [1.807, 2.05) is 60.7 Å². The van der Waals surface area contributed by atoms with Crippen molar-refractivity contribution < 1.29 is 57.1 Å². The van der Waals surface area contributed by atoms with Crippen LogP contribution in [0.4, 0.5) is 0 Å². The number of para-hydroxylation sites is 2. The van der Waals surface area contributed by atoms with E-state index in [0.29, 0.717) is 35.8 Å². The van der Waals surface area contributed by atoms with Gasteiger partial charge in [-0.25, -0.2) is 19.2 Å². The van der Waals surface area contributed by atoms with Crippen LogP contribution in [-0.4, -0.2) is 78.7 Å². The molecule has 0 heterocycles. The summed E-state index contributed by atoms with van der Waals surface area (Å²) in [7, 11) is 5.16. The molecule has 12 heteroatoms. The molecule has 4 aromatic rings. The predicted molar refractivity (Wildman–Crippen MR) is 215 cm³/mol. The summed E-state index contributed by atoms with van der Waals surface area (Å²) >= 11 is 0. The van der Waals surface area contributed by atoms with E-state index in [1.165, 1.54) is 28.4 Å². The molecule has 4 aromatic carbocycles. The lowest BCUT2D eigenvalue weighted by Crippen LogP contribution is -2.17. The van der Waals surface area contributed by atoms with E-state index in [9.17, 15) is 19.2 Å². The second-order valence-electron chi connectivity index (χ2n) is 13.4. The maximum Gasteiger partial charge on any atom is 0.343 e. The number of ether oxygens (including phenoxy) is 8. The molecule has 0 saturated carbocycles. The number of hydrogen-bond donors (Lipinski definition) is 0. The summed E-state index contributed by atoms with van der Waals surface area (Å²) < 4.78 is 45.0. The van der Waals surface area contributed by atoms with Crippen LogP contribution >= 0.6 is 0 Å². The number of rotatable bonds is 16. The number of fused-ring (bicyclic) bond motifs is 8. The second-order valence-corrected chi connectivity index (χ2v) is 13.4. The monoisotopic (exact) mass is 792 g/mol. The lowest BCUT2D eigenvalue weighted by Gasteiger charge is -2.23. The molecule has 5 rings (SSSR count). The van der Waals surface area contributed by atoms with Crippen LogP contribution in [0.25, 0.3) is 0 Å². The average Bonchev–Trinajstić information content (AvgIpc) is 3.22. The van der Waals surface area contributed by atoms with E-state index in [0.717, 1.165) is 55.6 Å². The predicted octanol–water partition coefficient (Wildman–Crippen LogP) is 6.03. The summed E-state index contributed by atoms with van der Waals surface area (Å²) in [6, 6.07) is 19.4. The lowest BCUT2D eigenvalue weighted by atomic mass is 9.89. The van der Waals surface area contributed by atoms with Gasteiger partial charge in [-0.15, -0.1) is 13.2 Å². The number of carbonyl (C=O) groups is 4. The summed E-state index contributed by atoms with van der Waals surface area (Å²) in [6.45, 7) is 6.51.